The van der Waals surface area contributed by atoms with Crippen LogP contribution in [0.1, 0.15) is 24.0 Å². The molecule has 16 heavy (non-hydrogen) atoms. The summed E-state index contributed by atoms with van der Waals surface area (Å²) in [4.78, 5) is 0. The fourth-order valence-corrected chi connectivity index (χ4v) is 2.12. The van der Waals surface area contributed by atoms with Gasteiger partial charge in [0, 0.05) is 0 Å². The largest absolute Gasteiger partial charge is 0.493 e. The van der Waals surface area contributed by atoms with E-state index in [4.69, 9.17) is 14.7 Å². The Labute approximate surface area is 95.6 Å². The lowest BCUT2D eigenvalue weighted by Crippen LogP contribution is -2.05. The first-order valence-corrected chi connectivity index (χ1v) is 5.54. The molecule has 0 heterocycles. The highest BCUT2D eigenvalue weighted by molar-refractivity contribution is 5.48. The minimum atomic E-state index is 0.0646. The normalized spacial score (nSPS) is 13.8. The molecule has 1 aromatic rings. The zero-order chi connectivity index (χ0) is 11.4. The van der Waals surface area contributed by atoms with Crippen molar-refractivity contribution in [2.45, 2.75) is 25.7 Å². The van der Waals surface area contributed by atoms with E-state index < -0.39 is 0 Å². The molecule has 3 heteroatoms. The van der Waals surface area contributed by atoms with Gasteiger partial charge < -0.3 is 9.47 Å². The predicted octanol–water partition coefficient (Wildman–Crippen LogP) is 2.48. The molecule has 0 radical (unpaired) electrons. The van der Waals surface area contributed by atoms with Gasteiger partial charge in [-0.25, -0.2) is 0 Å². The first kappa shape index (κ1) is 10.8. The molecule has 0 saturated heterocycles. The maximum Gasteiger partial charge on any atom is 0.174 e. The molecule has 0 amide bonds. The van der Waals surface area contributed by atoms with Crippen LogP contribution in [-0.2, 0) is 12.8 Å². The summed E-state index contributed by atoms with van der Waals surface area (Å²) in [6.45, 7) is 0.0646. The lowest BCUT2D eigenvalue weighted by molar-refractivity contribution is 0.328. The molecule has 0 spiro atoms. The summed E-state index contributed by atoms with van der Waals surface area (Å²) in [6.07, 6.45) is 4.69. The van der Waals surface area contributed by atoms with Gasteiger partial charge in [0.1, 0.15) is 6.07 Å². The first-order chi connectivity index (χ1) is 7.85. The van der Waals surface area contributed by atoms with Crippen LogP contribution in [0.5, 0.6) is 11.5 Å². The fourth-order valence-electron chi connectivity index (χ4n) is 2.12. The maximum absolute atomic E-state index is 8.51. The monoisotopic (exact) mass is 217 g/mol. The molecule has 0 atom stereocenters. The average molecular weight is 217 g/mol. The predicted molar refractivity (Wildman–Crippen MR) is 60.7 cm³/mol. The number of benzene rings is 1. The van der Waals surface area contributed by atoms with E-state index in [1.54, 1.807) is 7.11 Å². The summed E-state index contributed by atoms with van der Waals surface area (Å²) in [5.74, 6) is 1.42. The summed E-state index contributed by atoms with van der Waals surface area (Å²) < 4.78 is 10.6. The highest BCUT2D eigenvalue weighted by Crippen LogP contribution is 2.34. The molecule has 0 unspecified atom stereocenters. The number of rotatable bonds is 3. The first-order valence-electron chi connectivity index (χ1n) is 5.54. The molecule has 0 aromatic heterocycles. The van der Waals surface area contributed by atoms with E-state index in [2.05, 4.69) is 0 Å². The summed E-state index contributed by atoms with van der Waals surface area (Å²) in [7, 11) is 1.63. The molecular weight excluding hydrogens is 202 g/mol. The molecule has 1 aliphatic carbocycles. The van der Waals surface area contributed by atoms with E-state index in [1.165, 1.54) is 24.0 Å². The third-order valence-corrected chi connectivity index (χ3v) is 2.92. The molecule has 2 rings (SSSR count). The van der Waals surface area contributed by atoms with Crippen LogP contribution in [-0.4, -0.2) is 13.7 Å². The number of methoxy groups -OCH3 is 1. The van der Waals surface area contributed by atoms with Gasteiger partial charge in [0.2, 0.25) is 0 Å². The maximum atomic E-state index is 8.51. The topological polar surface area (TPSA) is 42.2 Å². The summed E-state index contributed by atoms with van der Waals surface area (Å²) >= 11 is 0. The minimum absolute atomic E-state index is 0.0646. The van der Waals surface area contributed by atoms with Crippen molar-refractivity contribution in [3.05, 3.63) is 23.3 Å². The number of fused-ring (bicyclic) bond motifs is 1. The van der Waals surface area contributed by atoms with Crippen LogP contribution in [0.3, 0.4) is 0 Å². The molecule has 3 nitrogen and oxygen atoms in total. The average Bonchev–Trinajstić information content (AvgIpc) is 2.35. The lowest BCUT2D eigenvalue weighted by Gasteiger charge is -2.18. The van der Waals surface area contributed by atoms with Crippen LogP contribution >= 0.6 is 0 Å². The summed E-state index contributed by atoms with van der Waals surface area (Å²) in [5.41, 5.74) is 2.69. The van der Waals surface area contributed by atoms with Crippen LogP contribution in [0, 0.1) is 11.3 Å². The van der Waals surface area contributed by atoms with Gasteiger partial charge in [-0.15, -0.1) is 0 Å². The molecule has 0 aliphatic heterocycles. The standard InChI is InChI=1S/C13H15NO2/c1-15-12-8-10-4-2-3-5-11(10)9-13(12)16-7-6-14/h8-9H,2-5,7H2,1H3. The third-order valence-electron chi connectivity index (χ3n) is 2.92. The molecule has 0 bridgehead atoms. The van der Waals surface area contributed by atoms with Crippen molar-refractivity contribution in [1.82, 2.24) is 0 Å². The van der Waals surface area contributed by atoms with Crippen molar-refractivity contribution in [1.29, 1.82) is 5.26 Å². The second-order valence-corrected chi connectivity index (χ2v) is 3.93. The van der Waals surface area contributed by atoms with Crippen molar-refractivity contribution in [3.8, 4) is 17.6 Å². The van der Waals surface area contributed by atoms with Crippen LogP contribution in [0.25, 0.3) is 0 Å². The smallest absolute Gasteiger partial charge is 0.174 e. The van der Waals surface area contributed by atoms with Gasteiger partial charge in [-0.1, -0.05) is 0 Å². The number of nitrogens with zero attached hydrogens (tertiary/aromatic N) is 1. The Morgan fingerprint density at radius 2 is 1.81 bits per heavy atom. The molecule has 84 valence electrons. The van der Waals surface area contributed by atoms with Gasteiger partial charge in [-0.05, 0) is 48.9 Å². The lowest BCUT2D eigenvalue weighted by atomic mass is 9.91. The van der Waals surface area contributed by atoms with Gasteiger partial charge in [0.15, 0.2) is 18.1 Å². The number of ether oxygens (including phenoxy) is 2. The zero-order valence-corrected chi connectivity index (χ0v) is 9.45. The molecule has 0 fully saturated rings. The van der Waals surface area contributed by atoms with Gasteiger partial charge in [0.25, 0.3) is 0 Å². The van der Waals surface area contributed by atoms with Crippen LogP contribution < -0.4 is 9.47 Å². The van der Waals surface area contributed by atoms with E-state index in [9.17, 15) is 0 Å². The second kappa shape index (κ2) is 4.89. The SMILES string of the molecule is COc1cc2c(cc1OCC#N)CCCC2. The van der Waals surface area contributed by atoms with E-state index >= 15 is 0 Å². The van der Waals surface area contributed by atoms with E-state index in [0.717, 1.165) is 18.6 Å². The summed E-state index contributed by atoms with van der Waals surface area (Å²) in [6, 6.07) is 6.03. The highest BCUT2D eigenvalue weighted by Gasteiger charge is 2.14. The van der Waals surface area contributed by atoms with E-state index in [1.807, 2.05) is 18.2 Å². The fraction of sp³-hybridized carbons (Fsp3) is 0.462. The molecule has 1 aliphatic rings. The van der Waals surface area contributed by atoms with Crippen LogP contribution in [0.15, 0.2) is 12.1 Å². The molecule has 0 N–H and O–H groups in total. The number of hydrogen-bond donors (Lipinski definition) is 0. The van der Waals surface area contributed by atoms with Gasteiger partial charge in [-0.2, -0.15) is 5.26 Å². The van der Waals surface area contributed by atoms with E-state index in [0.29, 0.717) is 5.75 Å². The Balaban J connectivity index is 2.32. The van der Waals surface area contributed by atoms with E-state index in [-0.39, 0.29) is 6.61 Å². The quantitative estimate of drug-likeness (QED) is 0.781. The van der Waals surface area contributed by atoms with Crippen molar-refractivity contribution in [2.75, 3.05) is 13.7 Å². The number of hydrogen-bond acceptors (Lipinski definition) is 3. The minimum Gasteiger partial charge on any atom is -0.493 e. The second-order valence-electron chi connectivity index (χ2n) is 3.93. The Morgan fingerprint density at radius 3 is 2.38 bits per heavy atom. The molecule has 1 aromatic carbocycles. The Kier molecular flexibility index (Phi) is 3.31. The number of nitriles is 1. The Bertz CT molecular complexity index is 421. The Morgan fingerprint density at radius 1 is 1.19 bits per heavy atom. The van der Waals surface area contributed by atoms with Crippen LogP contribution in [0.4, 0.5) is 0 Å². The van der Waals surface area contributed by atoms with Crippen LogP contribution in [0.2, 0.25) is 0 Å². The van der Waals surface area contributed by atoms with Crippen molar-refractivity contribution >= 4 is 0 Å². The summed E-state index contributed by atoms with van der Waals surface area (Å²) in [5, 5.41) is 8.51. The third kappa shape index (κ3) is 2.11. The van der Waals surface area contributed by atoms with Crippen molar-refractivity contribution in [2.24, 2.45) is 0 Å². The van der Waals surface area contributed by atoms with Gasteiger partial charge in [0.05, 0.1) is 7.11 Å². The Hall–Kier alpha value is -1.69. The molecule has 0 saturated carbocycles. The van der Waals surface area contributed by atoms with Crippen molar-refractivity contribution in [3.63, 3.8) is 0 Å². The van der Waals surface area contributed by atoms with Gasteiger partial charge in [-0.3, -0.25) is 0 Å². The number of aryl methyl sites for hydroxylation is 2. The van der Waals surface area contributed by atoms with Crippen molar-refractivity contribution < 1.29 is 9.47 Å². The zero-order valence-electron chi connectivity index (χ0n) is 9.45. The highest BCUT2D eigenvalue weighted by atomic mass is 16.5. The van der Waals surface area contributed by atoms with Gasteiger partial charge >= 0.3 is 0 Å². The molecular formula is C13H15NO2.